The van der Waals surface area contributed by atoms with Crippen LogP contribution in [0.4, 0.5) is 0 Å². The third-order valence-electron chi connectivity index (χ3n) is 5.26. The molecule has 28 heavy (non-hydrogen) atoms. The average Bonchev–Trinajstić information content (AvgIpc) is 2.72. The molecular formula is C23H20ClNO3. The van der Waals surface area contributed by atoms with E-state index >= 15 is 0 Å². The van der Waals surface area contributed by atoms with Gasteiger partial charge in [0, 0.05) is 23.0 Å². The lowest BCUT2D eigenvalue weighted by atomic mass is 9.86. The van der Waals surface area contributed by atoms with E-state index in [1.165, 1.54) is 11.8 Å². The summed E-state index contributed by atoms with van der Waals surface area (Å²) in [6, 6.07) is 15.6. The Balaban J connectivity index is 1.57. The lowest BCUT2D eigenvalue weighted by Crippen LogP contribution is -2.15. The summed E-state index contributed by atoms with van der Waals surface area (Å²) in [5.41, 5.74) is 4.29. The van der Waals surface area contributed by atoms with Gasteiger partial charge >= 0.3 is 5.97 Å². The van der Waals surface area contributed by atoms with Crippen LogP contribution in [0.3, 0.4) is 0 Å². The fourth-order valence-corrected chi connectivity index (χ4v) is 4.04. The molecule has 0 unspecified atom stereocenters. The molecule has 1 N–H and O–H groups in total. The maximum Gasteiger partial charge on any atom is 0.336 e. The molecule has 0 aliphatic carbocycles. The summed E-state index contributed by atoms with van der Waals surface area (Å²) in [6.45, 7) is 0.655. The van der Waals surface area contributed by atoms with Crippen molar-refractivity contribution in [2.24, 2.45) is 0 Å². The number of aromatic nitrogens is 1. The summed E-state index contributed by atoms with van der Waals surface area (Å²) < 4.78 is 5.92. The van der Waals surface area contributed by atoms with E-state index in [1.54, 1.807) is 12.3 Å². The van der Waals surface area contributed by atoms with Gasteiger partial charge in [0.05, 0.1) is 12.2 Å². The number of carboxylic acids is 1. The Hall–Kier alpha value is -2.85. The maximum absolute atomic E-state index is 11.4. The summed E-state index contributed by atoms with van der Waals surface area (Å²) in [7, 11) is 0. The van der Waals surface area contributed by atoms with Crippen LogP contribution in [-0.2, 0) is 6.42 Å². The molecule has 1 aromatic heterocycles. The van der Waals surface area contributed by atoms with Gasteiger partial charge in [-0.1, -0.05) is 41.9 Å². The molecule has 2 heterocycles. The van der Waals surface area contributed by atoms with Crippen LogP contribution in [0.15, 0.2) is 60.9 Å². The Morgan fingerprint density at radius 3 is 2.89 bits per heavy atom. The topological polar surface area (TPSA) is 59.4 Å². The van der Waals surface area contributed by atoms with Gasteiger partial charge in [-0.15, -0.1) is 0 Å². The van der Waals surface area contributed by atoms with Gasteiger partial charge in [0.2, 0.25) is 0 Å². The molecule has 0 amide bonds. The van der Waals surface area contributed by atoms with E-state index in [1.807, 2.05) is 24.3 Å². The molecule has 1 atom stereocenters. The highest BCUT2D eigenvalue weighted by molar-refractivity contribution is 6.33. The number of carbonyl (C=O) groups is 1. The van der Waals surface area contributed by atoms with Gasteiger partial charge in [-0.25, -0.2) is 4.79 Å². The minimum atomic E-state index is -0.908. The van der Waals surface area contributed by atoms with E-state index in [0.717, 1.165) is 35.3 Å². The predicted molar refractivity (Wildman–Crippen MR) is 109 cm³/mol. The van der Waals surface area contributed by atoms with Crippen molar-refractivity contribution < 1.29 is 14.6 Å². The zero-order chi connectivity index (χ0) is 19.5. The van der Waals surface area contributed by atoms with E-state index in [9.17, 15) is 9.90 Å². The van der Waals surface area contributed by atoms with Crippen LogP contribution in [0.2, 0.25) is 5.02 Å². The Kier molecular flexibility index (Phi) is 5.31. The second-order valence-corrected chi connectivity index (χ2v) is 7.35. The molecule has 0 saturated heterocycles. The summed E-state index contributed by atoms with van der Waals surface area (Å²) in [5, 5.41) is 10.1. The Labute approximate surface area is 168 Å². The third kappa shape index (κ3) is 3.73. The number of halogens is 1. The van der Waals surface area contributed by atoms with Gasteiger partial charge in [-0.3, -0.25) is 4.98 Å². The van der Waals surface area contributed by atoms with Gasteiger partial charge in [-0.05, 0) is 60.1 Å². The first-order valence-electron chi connectivity index (χ1n) is 9.31. The van der Waals surface area contributed by atoms with E-state index in [-0.39, 0.29) is 0 Å². The van der Waals surface area contributed by atoms with Crippen molar-refractivity contribution in [2.45, 2.75) is 25.2 Å². The molecule has 0 radical (unpaired) electrons. The maximum atomic E-state index is 11.4. The number of benzene rings is 2. The number of nitrogens with zero attached hydrogens (tertiary/aromatic N) is 1. The molecule has 0 bridgehead atoms. The summed E-state index contributed by atoms with van der Waals surface area (Å²) in [5.74, 6) is 0.304. The fraction of sp³-hybridized carbons (Fsp3) is 0.217. The number of aryl methyl sites for hydroxylation is 1. The lowest BCUT2D eigenvalue weighted by Gasteiger charge is -2.26. The molecule has 1 aliphatic rings. The first kappa shape index (κ1) is 18.5. The number of hydrogen-bond donors (Lipinski definition) is 1. The largest absolute Gasteiger partial charge is 0.493 e. The molecule has 142 valence electrons. The number of fused-ring (bicyclic) bond motifs is 1. The van der Waals surface area contributed by atoms with E-state index in [4.69, 9.17) is 16.3 Å². The van der Waals surface area contributed by atoms with Crippen molar-refractivity contribution in [2.75, 3.05) is 6.61 Å². The van der Waals surface area contributed by atoms with Crippen LogP contribution in [0.5, 0.6) is 5.75 Å². The molecule has 0 fully saturated rings. The quantitative estimate of drug-likeness (QED) is 0.613. The number of carboxylic acid groups (broad SMARTS) is 1. The molecule has 3 aromatic rings. The van der Waals surface area contributed by atoms with Crippen LogP contribution in [0, 0.1) is 0 Å². The summed E-state index contributed by atoms with van der Waals surface area (Å²) >= 11 is 6.33. The highest BCUT2D eigenvalue weighted by Gasteiger charge is 2.23. The standard InChI is InChI=1S/C23H20ClNO3/c24-21-4-2-1-3-18(21)16-7-8-19-15(10-12-28-22(19)13-16)5-6-17-14-25-11-9-20(17)23(26)27/h1-4,7-9,11,13-15H,5-6,10,12H2,(H,26,27)/t15-/m0/s1. The van der Waals surface area contributed by atoms with Gasteiger partial charge < -0.3 is 9.84 Å². The number of hydrogen-bond acceptors (Lipinski definition) is 3. The second kappa shape index (κ2) is 8.03. The van der Waals surface area contributed by atoms with Gasteiger partial charge in [0.25, 0.3) is 0 Å². The minimum absolute atomic E-state index is 0.325. The number of rotatable bonds is 5. The van der Waals surface area contributed by atoms with Crippen molar-refractivity contribution in [1.82, 2.24) is 4.98 Å². The van der Waals surface area contributed by atoms with Crippen molar-refractivity contribution in [3.63, 3.8) is 0 Å². The van der Waals surface area contributed by atoms with Crippen molar-refractivity contribution in [3.8, 4) is 16.9 Å². The van der Waals surface area contributed by atoms with E-state index < -0.39 is 5.97 Å². The van der Waals surface area contributed by atoms with Crippen LogP contribution in [-0.4, -0.2) is 22.7 Å². The average molecular weight is 394 g/mol. The zero-order valence-corrected chi connectivity index (χ0v) is 16.0. The molecule has 1 aliphatic heterocycles. The number of pyridine rings is 1. The van der Waals surface area contributed by atoms with Crippen molar-refractivity contribution in [3.05, 3.63) is 82.6 Å². The summed E-state index contributed by atoms with van der Waals surface area (Å²) in [6.07, 6.45) is 5.62. The van der Waals surface area contributed by atoms with Crippen molar-refractivity contribution >= 4 is 17.6 Å². The van der Waals surface area contributed by atoms with Gasteiger partial charge in [0.15, 0.2) is 0 Å². The van der Waals surface area contributed by atoms with Gasteiger partial charge in [0.1, 0.15) is 5.75 Å². The van der Waals surface area contributed by atoms with Crippen LogP contribution >= 0.6 is 11.6 Å². The smallest absolute Gasteiger partial charge is 0.336 e. The first-order valence-corrected chi connectivity index (χ1v) is 9.69. The molecule has 0 saturated carbocycles. The van der Waals surface area contributed by atoms with Crippen LogP contribution in [0.1, 0.15) is 40.2 Å². The molecule has 5 heteroatoms. The Bertz CT molecular complexity index is 1020. The fourth-order valence-electron chi connectivity index (χ4n) is 3.79. The predicted octanol–water partition coefficient (Wildman–Crippen LogP) is 5.60. The highest BCUT2D eigenvalue weighted by atomic mass is 35.5. The Morgan fingerprint density at radius 1 is 1.21 bits per heavy atom. The molecular weight excluding hydrogens is 374 g/mol. The third-order valence-corrected chi connectivity index (χ3v) is 5.59. The monoisotopic (exact) mass is 393 g/mol. The molecule has 4 rings (SSSR count). The van der Waals surface area contributed by atoms with Crippen molar-refractivity contribution in [1.29, 1.82) is 0 Å². The first-order chi connectivity index (χ1) is 13.6. The number of aromatic carboxylic acids is 1. The number of ether oxygens (including phenoxy) is 1. The van der Waals surface area contributed by atoms with Gasteiger partial charge in [-0.2, -0.15) is 0 Å². The highest BCUT2D eigenvalue weighted by Crippen LogP contribution is 2.40. The Morgan fingerprint density at radius 2 is 2.07 bits per heavy atom. The van der Waals surface area contributed by atoms with E-state index in [2.05, 4.69) is 23.2 Å². The summed E-state index contributed by atoms with van der Waals surface area (Å²) in [4.78, 5) is 15.5. The van der Waals surface area contributed by atoms with Crippen LogP contribution in [0.25, 0.3) is 11.1 Å². The normalized spacial score (nSPS) is 15.5. The minimum Gasteiger partial charge on any atom is -0.493 e. The lowest BCUT2D eigenvalue weighted by molar-refractivity contribution is 0.0695. The van der Waals surface area contributed by atoms with Crippen LogP contribution < -0.4 is 4.74 Å². The zero-order valence-electron chi connectivity index (χ0n) is 15.3. The molecule has 2 aromatic carbocycles. The molecule has 0 spiro atoms. The van der Waals surface area contributed by atoms with E-state index in [0.29, 0.717) is 29.5 Å². The SMILES string of the molecule is O=C(O)c1ccncc1CC[C@H]1CCOc2cc(-c3ccccc3Cl)ccc21. The second-order valence-electron chi connectivity index (χ2n) is 6.94. The molecule has 4 nitrogen and oxygen atoms in total.